The lowest BCUT2D eigenvalue weighted by molar-refractivity contribution is -0.655. The van der Waals surface area contributed by atoms with Gasteiger partial charge in [-0.2, -0.15) is 0 Å². The molecule has 0 saturated carbocycles. The Bertz CT molecular complexity index is 410. The number of hydrogen-bond donors (Lipinski definition) is 1. The predicted octanol–water partition coefficient (Wildman–Crippen LogP) is 0.882. The van der Waals surface area contributed by atoms with E-state index in [2.05, 4.69) is 5.32 Å². The third-order valence-electron chi connectivity index (χ3n) is 2.65. The van der Waals surface area contributed by atoms with Crippen molar-refractivity contribution in [2.75, 3.05) is 33.4 Å². The average Bonchev–Trinajstić information content (AvgIpc) is 2.39. The Balaban J connectivity index is 2.35. The standard InChI is InChI=1S/C13H20N2O4/c1-11-4-5-13(12(10-11)15(16)17)19-9-7-14-6-3-8-18-2/h4-5,10,14H,3,6-9H2,1-2H3/p+1. The molecule has 1 aromatic carbocycles. The van der Waals surface area contributed by atoms with Gasteiger partial charge in [-0.25, -0.2) is 0 Å². The summed E-state index contributed by atoms with van der Waals surface area (Å²) in [5.74, 6) is 0.334. The molecule has 0 aliphatic heterocycles. The summed E-state index contributed by atoms with van der Waals surface area (Å²) in [4.78, 5) is 10.5. The van der Waals surface area contributed by atoms with E-state index in [1.165, 1.54) is 6.07 Å². The number of hydrogen-bond acceptors (Lipinski definition) is 4. The van der Waals surface area contributed by atoms with Crippen LogP contribution in [0.25, 0.3) is 0 Å². The lowest BCUT2D eigenvalue weighted by atomic mass is 10.2. The Morgan fingerprint density at radius 2 is 2.11 bits per heavy atom. The van der Waals surface area contributed by atoms with Crippen LogP contribution in [0.15, 0.2) is 18.2 Å². The number of nitro groups is 1. The monoisotopic (exact) mass is 269 g/mol. The van der Waals surface area contributed by atoms with E-state index in [0.717, 1.165) is 31.7 Å². The van der Waals surface area contributed by atoms with Gasteiger partial charge in [0, 0.05) is 19.6 Å². The molecule has 0 spiro atoms. The third kappa shape index (κ3) is 5.67. The van der Waals surface area contributed by atoms with Gasteiger partial charge in [0.25, 0.3) is 0 Å². The second kappa shape index (κ2) is 8.44. The van der Waals surface area contributed by atoms with Crippen LogP contribution in [0.3, 0.4) is 0 Å². The van der Waals surface area contributed by atoms with Gasteiger partial charge >= 0.3 is 5.69 Å². The third-order valence-corrected chi connectivity index (χ3v) is 2.65. The first-order chi connectivity index (χ1) is 9.15. The Kier molecular flexibility index (Phi) is 6.84. The van der Waals surface area contributed by atoms with Gasteiger partial charge in [0.1, 0.15) is 13.2 Å². The Morgan fingerprint density at radius 3 is 2.79 bits per heavy atom. The average molecular weight is 269 g/mol. The molecule has 0 fully saturated rings. The van der Waals surface area contributed by atoms with Crippen molar-refractivity contribution in [2.45, 2.75) is 13.3 Å². The summed E-state index contributed by atoms with van der Waals surface area (Å²) >= 11 is 0. The van der Waals surface area contributed by atoms with Gasteiger partial charge in [-0.3, -0.25) is 10.1 Å². The van der Waals surface area contributed by atoms with Crippen molar-refractivity contribution in [3.63, 3.8) is 0 Å². The van der Waals surface area contributed by atoms with Gasteiger partial charge in [-0.1, -0.05) is 6.07 Å². The maximum atomic E-state index is 10.9. The van der Waals surface area contributed by atoms with E-state index in [1.807, 2.05) is 13.0 Å². The molecule has 0 aliphatic carbocycles. The minimum atomic E-state index is -0.412. The second-order valence-electron chi connectivity index (χ2n) is 4.29. The fraction of sp³-hybridized carbons (Fsp3) is 0.538. The lowest BCUT2D eigenvalue weighted by Gasteiger charge is -2.06. The van der Waals surface area contributed by atoms with Crippen molar-refractivity contribution in [1.82, 2.24) is 0 Å². The number of nitrogens with two attached hydrogens (primary N) is 1. The number of nitro benzene ring substituents is 1. The molecule has 1 rings (SSSR count). The minimum Gasteiger partial charge on any atom is -0.481 e. The van der Waals surface area contributed by atoms with Crippen LogP contribution in [0, 0.1) is 17.0 Å². The molecular formula is C13H21N2O4+. The van der Waals surface area contributed by atoms with Crippen LogP contribution in [-0.2, 0) is 4.74 Å². The largest absolute Gasteiger partial charge is 0.481 e. The second-order valence-corrected chi connectivity index (χ2v) is 4.29. The molecule has 2 N–H and O–H groups in total. The van der Waals surface area contributed by atoms with E-state index in [9.17, 15) is 10.1 Å². The molecule has 0 bridgehead atoms. The van der Waals surface area contributed by atoms with Crippen LogP contribution in [0.1, 0.15) is 12.0 Å². The molecule has 0 amide bonds. The normalized spacial score (nSPS) is 10.4. The summed E-state index contributed by atoms with van der Waals surface area (Å²) in [5, 5.41) is 13.0. The fourth-order valence-corrected chi connectivity index (χ4v) is 1.66. The quantitative estimate of drug-likeness (QED) is 0.410. The molecule has 0 heterocycles. The van der Waals surface area contributed by atoms with Crippen LogP contribution >= 0.6 is 0 Å². The molecule has 0 atom stereocenters. The number of nitrogens with zero attached hydrogens (tertiary/aromatic N) is 1. The molecule has 0 unspecified atom stereocenters. The topological polar surface area (TPSA) is 78.2 Å². The van der Waals surface area contributed by atoms with E-state index < -0.39 is 4.92 Å². The Labute approximate surface area is 112 Å². The van der Waals surface area contributed by atoms with E-state index in [-0.39, 0.29) is 5.69 Å². The first-order valence-electron chi connectivity index (χ1n) is 6.33. The first kappa shape index (κ1) is 15.4. The van der Waals surface area contributed by atoms with Crippen molar-refractivity contribution < 1.29 is 19.7 Å². The van der Waals surface area contributed by atoms with Crippen LogP contribution in [-0.4, -0.2) is 38.3 Å². The van der Waals surface area contributed by atoms with Crippen molar-refractivity contribution >= 4 is 5.69 Å². The highest BCUT2D eigenvalue weighted by atomic mass is 16.6. The van der Waals surface area contributed by atoms with E-state index in [0.29, 0.717) is 12.4 Å². The minimum absolute atomic E-state index is 0.0272. The molecule has 1 aromatic rings. The van der Waals surface area contributed by atoms with Crippen LogP contribution in [0.5, 0.6) is 5.75 Å². The SMILES string of the molecule is COCCC[NH2+]CCOc1ccc(C)cc1[N+](=O)[O-]. The van der Waals surface area contributed by atoms with Gasteiger partial charge in [0.05, 0.1) is 18.1 Å². The molecule has 6 nitrogen and oxygen atoms in total. The van der Waals surface area contributed by atoms with E-state index in [1.54, 1.807) is 13.2 Å². The van der Waals surface area contributed by atoms with Crippen LogP contribution in [0.2, 0.25) is 0 Å². The number of rotatable bonds is 9. The summed E-state index contributed by atoms with van der Waals surface area (Å²) in [6.07, 6.45) is 0.987. The molecule has 0 aliphatic rings. The summed E-state index contributed by atoms with van der Waals surface area (Å²) < 4.78 is 10.4. The molecule has 19 heavy (non-hydrogen) atoms. The van der Waals surface area contributed by atoms with E-state index >= 15 is 0 Å². The van der Waals surface area contributed by atoms with Crippen molar-refractivity contribution in [3.05, 3.63) is 33.9 Å². The molecule has 0 aromatic heterocycles. The zero-order valence-corrected chi connectivity index (χ0v) is 11.4. The molecule has 0 saturated heterocycles. The summed E-state index contributed by atoms with van der Waals surface area (Å²) in [6, 6.07) is 4.99. The van der Waals surface area contributed by atoms with Crippen molar-refractivity contribution in [2.24, 2.45) is 0 Å². The first-order valence-corrected chi connectivity index (χ1v) is 6.33. The van der Waals surface area contributed by atoms with Crippen LogP contribution < -0.4 is 10.1 Å². The molecule has 6 heteroatoms. The molecular weight excluding hydrogens is 248 g/mol. The smallest absolute Gasteiger partial charge is 0.311 e. The van der Waals surface area contributed by atoms with Crippen molar-refractivity contribution in [3.8, 4) is 5.75 Å². The van der Waals surface area contributed by atoms with Crippen molar-refractivity contribution in [1.29, 1.82) is 0 Å². The van der Waals surface area contributed by atoms with Gasteiger partial charge in [0.2, 0.25) is 0 Å². The van der Waals surface area contributed by atoms with E-state index in [4.69, 9.17) is 9.47 Å². The Morgan fingerprint density at radius 1 is 1.32 bits per heavy atom. The Hall–Kier alpha value is -1.66. The highest BCUT2D eigenvalue weighted by Gasteiger charge is 2.14. The van der Waals surface area contributed by atoms with Crippen LogP contribution in [0.4, 0.5) is 5.69 Å². The van der Waals surface area contributed by atoms with Gasteiger partial charge in [-0.05, 0) is 18.6 Å². The summed E-state index contributed by atoms with van der Waals surface area (Å²) in [7, 11) is 1.68. The van der Waals surface area contributed by atoms with Gasteiger partial charge in [-0.15, -0.1) is 0 Å². The number of methoxy groups -OCH3 is 1. The number of aryl methyl sites for hydroxylation is 1. The molecule has 106 valence electrons. The predicted molar refractivity (Wildman–Crippen MR) is 71.5 cm³/mol. The van der Waals surface area contributed by atoms with Gasteiger partial charge in [0.15, 0.2) is 5.75 Å². The maximum absolute atomic E-state index is 10.9. The highest BCUT2D eigenvalue weighted by Crippen LogP contribution is 2.27. The van der Waals surface area contributed by atoms with Gasteiger partial charge < -0.3 is 14.8 Å². The fourth-order valence-electron chi connectivity index (χ4n) is 1.66. The maximum Gasteiger partial charge on any atom is 0.311 e. The number of benzene rings is 1. The molecule has 0 radical (unpaired) electrons. The highest BCUT2D eigenvalue weighted by molar-refractivity contribution is 5.48. The lowest BCUT2D eigenvalue weighted by Crippen LogP contribution is -2.85. The summed E-state index contributed by atoms with van der Waals surface area (Å²) in [5.41, 5.74) is 0.879. The number of quaternary nitrogens is 1. The zero-order chi connectivity index (χ0) is 14.1. The zero-order valence-electron chi connectivity index (χ0n) is 11.4. The number of ether oxygens (including phenoxy) is 2. The summed E-state index contributed by atoms with van der Waals surface area (Å²) in [6.45, 7) is 4.76.